The highest BCUT2D eigenvalue weighted by Crippen LogP contribution is 2.51. The van der Waals surface area contributed by atoms with Gasteiger partial charge in [0.15, 0.2) is 0 Å². The number of methoxy groups -OCH3 is 2. The molecule has 0 radical (unpaired) electrons. The molecule has 2 aliphatic heterocycles. The number of nitro benzene ring substituents is 2. The number of hydrogen-bond acceptors (Lipinski definition) is 8. The van der Waals surface area contributed by atoms with Crippen LogP contribution < -0.4 is 18.9 Å². The summed E-state index contributed by atoms with van der Waals surface area (Å²) in [6.45, 7) is 3.46. The second-order valence-corrected chi connectivity index (χ2v) is 7.12. The molecule has 2 heterocycles. The Labute approximate surface area is 176 Å². The number of benzene rings is 2. The molecule has 2 aromatic carbocycles. The number of hydrogen-bond donors (Lipinski definition) is 0. The van der Waals surface area contributed by atoms with Crippen molar-refractivity contribution in [2.75, 3.05) is 14.2 Å². The lowest BCUT2D eigenvalue weighted by Gasteiger charge is -2.41. The minimum atomic E-state index is -1.57. The average Bonchev–Trinajstić information content (AvgIpc) is 2.73. The van der Waals surface area contributed by atoms with E-state index in [0.717, 1.165) is 0 Å². The normalized spacial score (nSPS) is 15.5. The third-order valence-electron chi connectivity index (χ3n) is 5.28. The summed E-state index contributed by atoms with van der Waals surface area (Å²) in [5, 5.41) is 23.4. The SMILES string of the molecule is COc1cc2c(c([N+](=O)[O-])c1)OC1(Oc3c(cc(OC)cc3[N+](=O)[O-])C=C1C)C(C)=C2. The van der Waals surface area contributed by atoms with Gasteiger partial charge in [-0.05, 0) is 38.1 Å². The van der Waals surface area contributed by atoms with Crippen LogP contribution in [0.25, 0.3) is 12.2 Å². The van der Waals surface area contributed by atoms with E-state index in [1.165, 1.54) is 26.4 Å². The smallest absolute Gasteiger partial charge is 0.315 e. The van der Waals surface area contributed by atoms with Crippen molar-refractivity contribution in [3.63, 3.8) is 0 Å². The summed E-state index contributed by atoms with van der Waals surface area (Å²) >= 11 is 0. The molecule has 10 nitrogen and oxygen atoms in total. The summed E-state index contributed by atoms with van der Waals surface area (Å²) < 4.78 is 22.5. The maximum atomic E-state index is 11.7. The van der Waals surface area contributed by atoms with Gasteiger partial charge < -0.3 is 18.9 Å². The van der Waals surface area contributed by atoms with E-state index in [1.807, 2.05) is 0 Å². The van der Waals surface area contributed by atoms with Crippen LogP contribution in [0.5, 0.6) is 23.0 Å². The summed E-state index contributed by atoms with van der Waals surface area (Å²) in [6.07, 6.45) is 3.37. The van der Waals surface area contributed by atoms with Crippen LogP contribution >= 0.6 is 0 Å². The Kier molecular flexibility index (Phi) is 4.57. The molecule has 160 valence electrons. The lowest BCUT2D eigenvalue weighted by Crippen LogP contribution is -2.48. The molecule has 0 bridgehead atoms. The molecular weight excluding hydrogens is 408 g/mol. The van der Waals surface area contributed by atoms with Gasteiger partial charge in [-0.15, -0.1) is 0 Å². The fourth-order valence-corrected chi connectivity index (χ4v) is 3.76. The summed E-state index contributed by atoms with van der Waals surface area (Å²) in [7, 11) is 2.82. The molecule has 0 fully saturated rings. The molecule has 2 aromatic rings. The van der Waals surface area contributed by atoms with E-state index in [1.54, 1.807) is 38.1 Å². The first-order valence-corrected chi connectivity index (χ1v) is 9.18. The Morgan fingerprint density at radius 3 is 1.48 bits per heavy atom. The minimum absolute atomic E-state index is 0.0104. The fourth-order valence-electron chi connectivity index (χ4n) is 3.76. The van der Waals surface area contributed by atoms with E-state index >= 15 is 0 Å². The van der Waals surface area contributed by atoms with Crippen LogP contribution in [0.4, 0.5) is 11.4 Å². The predicted molar refractivity (Wildman–Crippen MR) is 111 cm³/mol. The molecule has 10 heteroatoms. The summed E-state index contributed by atoms with van der Waals surface area (Å²) in [4.78, 5) is 22.2. The highest BCUT2D eigenvalue weighted by Gasteiger charge is 2.48. The number of ether oxygens (including phenoxy) is 4. The van der Waals surface area contributed by atoms with Crippen LogP contribution in [0.15, 0.2) is 35.4 Å². The second-order valence-electron chi connectivity index (χ2n) is 7.12. The molecule has 1 spiro atoms. The molecule has 0 amide bonds. The first-order valence-electron chi connectivity index (χ1n) is 9.18. The number of fused-ring (bicyclic) bond motifs is 2. The van der Waals surface area contributed by atoms with Crippen molar-refractivity contribution in [3.8, 4) is 23.0 Å². The maximum absolute atomic E-state index is 11.7. The highest BCUT2D eigenvalue weighted by molar-refractivity contribution is 5.77. The Hall–Kier alpha value is -4.08. The summed E-state index contributed by atoms with van der Waals surface area (Å²) in [5.41, 5.74) is 1.41. The zero-order valence-electron chi connectivity index (χ0n) is 17.1. The van der Waals surface area contributed by atoms with Gasteiger partial charge in [-0.25, -0.2) is 0 Å². The third-order valence-corrected chi connectivity index (χ3v) is 5.28. The van der Waals surface area contributed by atoms with Crippen LogP contribution in [0.2, 0.25) is 0 Å². The van der Waals surface area contributed by atoms with Crippen molar-refractivity contribution >= 4 is 23.5 Å². The highest BCUT2D eigenvalue weighted by atomic mass is 16.7. The molecule has 0 saturated carbocycles. The van der Waals surface area contributed by atoms with E-state index in [4.69, 9.17) is 18.9 Å². The molecule has 31 heavy (non-hydrogen) atoms. The van der Waals surface area contributed by atoms with E-state index in [-0.39, 0.29) is 22.9 Å². The Morgan fingerprint density at radius 1 is 0.774 bits per heavy atom. The lowest BCUT2D eigenvalue weighted by molar-refractivity contribution is -0.387. The third kappa shape index (κ3) is 3.03. The largest absolute Gasteiger partial charge is 0.496 e. The van der Waals surface area contributed by atoms with Crippen molar-refractivity contribution in [1.82, 2.24) is 0 Å². The fraction of sp³-hybridized carbons (Fsp3) is 0.238. The van der Waals surface area contributed by atoms with E-state index in [0.29, 0.717) is 33.8 Å². The summed E-state index contributed by atoms with van der Waals surface area (Å²) in [6, 6.07) is 5.73. The van der Waals surface area contributed by atoms with Crippen molar-refractivity contribution in [1.29, 1.82) is 0 Å². The summed E-state index contributed by atoms with van der Waals surface area (Å²) in [5.74, 6) is -0.982. The Morgan fingerprint density at radius 2 is 1.16 bits per heavy atom. The van der Waals surface area contributed by atoms with Gasteiger partial charge in [0.2, 0.25) is 11.5 Å². The molecule has 0 aliphatic carbocycles. The standard InChI is InChI=1S/C21H18N2O8/c1-11-5-13-7-15(28-3)9-17(22(24)25)19(13)30-21(11)12(2)6-14-8-16(29-4)10-18(23(26)27)20(14)31-21/h5-10H,1-4H3. The maximum Gasteiger partial charge on any atom is 0.315 e. The molecule has 2 aliphatic rings. The Balaban J connectivity index is 1.92. The number of nitro groups is 2. The van der Waals surface area contributed by atoms with Gasteiger partial charge in [0.05, 0.1) is 36.2 Å². The minimum Gasteiger partial charge on any atom is -0.496 e. The van der Waals surface area contributed by atoms with Gasteiger partial charge in [0.25, 0.3) is 5.79 Å². The van der Waals surface area contributed by atoms with E-state index in [9.17, 15) is 20.2 Å². The van der Waals surface area contributed by atoms with Gasteiger partial charge in [0.1, 0.15) is 11.5 Å². The first kappa shape index (κ1) is 20.2. The van der Waals surface area contributed by atoms with Crippen LogP contribution in [0.3, 0.4) is 0 Å². The predicted octanol–water partition coefficient (Wildman–Crippen LogP) is 4.51. The molecule has 0 N–H and O–H groups in total. The number of rotatable bonds is 4. The molecule has 0 saturated heterocycles. The van der Waals surface area contributed by atoms with Gasteiger partial charge >= 0.3 is 11.4 Å². The molecule has 0 atom stereocenters. The van der Waals surface area contributed by atoms with Gasteiger partial charge in [-0.2, -0.15) is 0 Å². The molecule has 4 rings (SSSR count). The van der Waals surface area contributed by atoms with Crippen LogP contribution in [0, 0.1) is 20.2 Å². The lowest BCUT2D eigenvalue weighted by atomic mass is 9.90. The van der Waals surface area contributed by atoms with Crippen LogP contribution in [-0.2, 0) is 0 Å². The van der Waals surface area contributed by atoms with Crippen molar-refractivity contribution in [2.24, 2.45) is 0 Å². The van der Waals surface area contributed by atoms with Gasteiger partial charge in [-0.1, -0.05) is 0 Å². The zero-order valence-corrected chi connectivity index (χ0v) is 17.1. The van der Waals surface area contributed by atoms with Crippen LogP contribution in [-0.4, -0.2) is 29.9 Å². The van der Waals surface area contributed by atoms with Gasteiger partial charge in [-0.3, -0.25) is 20.2 Å². The van der Waals surface area contributed by atoms with Crippen molar-refractivity contribution in [2.45, 2.75) is 19.6 Å². The second kappa shape index (κ2) is 7.01. The monoisotopic (exact) mass is 426 g/mol. The molecule has 0 aromatic heterocycles. The molecular formula is C21H18N2O8. The van der Waals surface area contributed by atoms with Crippen molar-refractivity contribution in [3.05, 3.63) is 66.8 Å². The molecule has 0 unspecified atom stereocenters. The van der Waals surface area contributed by atoms with Crippen LogP contribution in [0.1, 0.15) is 25.0 Å². The quantitative estimate of drug-likeness (QED) is 0.517. The van der Waals surface area contributed by atoms with Crippen molar-refractivity contribution < 1.29 is 28.8 Å². The first-order chi connectivity index (χ1) is 14.7. The van der Waals surface area contributed by atoms with Gasteiger partial charge in [0, 0.05) is 22.3 Å². The topological polar surface area (TPSA) is 123 Å². The number of nitrogens with zero attached hydrogens (tertiary/aromatic N) is 2. The van der Waals surface area contributed by atoms with E-state index in [2.05, 4.69) is 0 Å². The average molecular weight is 426 g/mol. The Bertz CT molecular complexity index is 1100. The zero-order chi connectivity index (χ0) is 22.5. The van der Waals surface area contributed by atoms with E-state index < -0.39 is 15.6 Å².